The third-order valence-electron chi connectivity index (χ3n) is 3.49. The molecule has 3 rings (SSSR count). The molecule has 1 aromatic carbocycles. The molecular weight excluding hydrogens is 372 g/mol. The van der Waals surface area contributed by atoms with Gasteiger partial charge in [-0.3, -0.25) is 4.98 Å². The van der Waals surface area contributed by atoms with E-state index in [0.717, 1.165) is 16.8 Å². The average molecular weight is 388 g/mol. The Morgan fingerprint density at radius 1 is 1.12 bits per heavy atom. The van der Waals surface area contributed by atoms with Crippen molar-refractivity contribution in [1.82, 2.24) is 20.0 Å². The number of carbonyl (C=O) groups excluding carboxylic acids is 1. The molecule has 2 N–H and O–H groups in total. The van der Waals surface area contributed by atoms with Crippen LogP contribution in [0.2, 0.25) is 0 Å². The van der Waals surface area contributed by atoms with Crippen LogP contribution in [0.3, 0.4) is 0 Å². The van der Waals surface area contributed by atoms with E-state index in [0.29, 0.717) is 5.01 Å². The fourth-order valence-corrected chi connectivity index (χ4v) is 3.81. The predicted molar refractivity (Wildman–Crippen MR) is 99.1 cm³/mol. The standard InChI is InChI=1S/C17H16N4O3S2/c1-12-2-4-14(5-3-12)26(23,24)21-17(22)19-10-16-20-15(11-25-16)13-6-8-18-9-7-13/h2-9,11H,10H2,1H3,(H2,19,21,22). The minimum atomic E-state index is -3.90. The molecule has 0 saturated heterocycles. The van der Waals surface area contributed by atoms with Crippen molar-refractivity contribution < 1.29 is 13.2 Å². The van der Waals surface area contributed by atoms with Crippen LogP contribution in [0.15, 0.2) is 59.1 Å². The Morgan fingerprint density at radius 3 is 2.50 bits per heavy atom. The summed E-state index contributed by atoms with van der Waals surface area (Å²) in [6.45, 7) is 1.98. The maximum Gasteiger partial charge on any atom is 0.329 e. The van der Waals surface area contributed by atoms with Crippen LogP contribution in [0, 0.1) is 6.92 Å². The Kier molecular flexibility index (Phi) is 5.29. The molecule has 2 aromatic heterocycles. The van der Waals surface area contributed by atoms with E-state index in [-0.39, 0.29) is 11.4 Å². The van der Waals surface area contributed by atoms with Crippen molar-refractivity contribution >= 4 is 27.4 Å². The SMILES string of the molecule is Cc1ccc(S(=O)(=O)NC(=O)NCc2nc(-c3ccncc3)cs2)cc1. The molecule has 2 amide bonds. The fourth-order valence-electron chi connectivity index (χ4n) is 2.14. The van der Waals surface area contributed by atoms with Gasteiger partial charge in [0.2, 0.25) is 0 Å². The van der Waals surface area contributed by atoms with Gasteiger partial charge >= 0.3 is 6.03 Å². The van der Waals surface area contributed by atoms with Gasteiger partial charge in [0, 0.05) is 23.3 Å². The lowest BCUT2D eigenvalue weighted by atomic mass is 10.2. The van der Waals surface area contributed by atoms with Crippen LogP contribution in [0.1, 0.15) is 10.6 Å². The van der Waals surface area contributed by atoms with E-state index < -0.39 is 16.1 Å². The molecule has 3 aromatic rings. The van der Waals surface area contributed by atoms with E-state index >= 15 is 0 Å². The maximum absolute atomic E-state index is 12.2. The van der Waals surface area contributed by atoms with E-state index in [2.05, 4.69) is 15.3 Å². The Morgan fingerprint density at radius 2 is 1.81 bits per heavy atom. The summed E-state index contributed by atoms with van der Waals surface area (Å²) < 4.78 is 26.3. The molecule has 0 atom stereocenters. The Labute approximate surface area is 155 Å². The zero-order chi connectivity index (χ0) is 18.6. The third-order valence-corrected chi connectivity index (χ3v) is 5.68. The lowest BCUT2D eigenvalue weighted by Crippen LogP contribution is -2.39. The Bertz CT molecular complexity index is 1000. The molecule has 0 radical (unpaired) electrons. The number of nitrogens with one attached hydrogen (secondary N) is 2. The average Bonchev–Trinajstić information content (AvgIpc) is 3.10. The van der Waals surface area contributed by atoms with Crippen molar-refractivity contribution in [2.75, 3.05) is 0 Å². The van der Waals surface area contributed by atoms with Crippen LogP contribution in [0.4, 0.5) is 4.79 Å². The van der Waals surface area contributed by atoms with Gasteiger partial charge in [-0.1, -0.05) is 17.7 Å². The number of aromatic nitrogens is 2. The summed E-state index contributed by atoms with van der Waals surface area (Å²) in [6, 6.07) is 9.12. The van der Waals surface area contributed by atoms with Crippen molar-refractivity contribution in [3.63, 3.8) is 0 Å². The first-order valence-corrected chi connectivity index (χ1v) is 10.0. The number of urea groups is 1. The van der Waals surface area contributed by atoms with Crippen molar-refractivity contribution in [2.45, 2.75) is 18.4 Å². The van der Waals surface area contributed by atoms with Gasteiger partial charge in [0.1, 0.15) is 5.01 Å². The molecule has 26 heavy (non-hydrogen) atoms. The summed E-state index contributed by atoms with van der Waals surface area (Å²) in [5.41, 5.74) is 2.64. The van der Waals surface area contributed by atoms with Gasteiger partial charge in [0.05, 0.1) is 17.1 Å². The number of sulfonamides is 1. The Hall–Kier alpha value is -2.78. The minimum Gasteiger partial charge on any atom is -0.331 e. The molecular formula is C17H16N4O3S2. The molecule has 0 bridgehead atoms. The minimum absolute atomic E-state index is 0.0347. The molecule has 134 valence electrons. The fraction of sp³-hybridized carbons (Fsp3) is 0.118. The quantitative estimate of drug-likeness (QED) is 0.700. The number of hydrogen-bond acceptors (Lipinski definition) is 6. The van der Waals surface area contributed by atoms with E-state index in [4.69, 9.17) is 0 Å². The number of carbonyl (C=O) groups is 1. The maximum atomic E-state index is 12.2. The van der Waals surface area contributed by atoms with Crippen LogP contribution < -0.4 is 10.0 Å². The molecule has 0 aliphatic heterocycles. The lowest BCUT2D eigenvalue weighted by Gasteiger charge is -2.08. The monoisotopic (exact) mass is 388 g/mol. The molecule has 0 saturated carbocycles. The van der Waals surface area contributed by atoms with E-state index in [1.54, 1.807) is 24.5 Å². The normalized spacial score (nSPS) is 11.1. The zero-order valence-electron chi connectivity index (χ0n) is 13.8. The van der Waals surface area contributed by atoms with Gasteiger partial charge in [-0.05, 0) is 31.2 Å². The smallest absolute Gasteiger partial charge is 0.329 e. The molecule has 0 unspecified atom stereocenters. The molecule has 9 heteroatoms. The van der Waals surface area contributed by atoms with Crippen molar-refractivity contribution in [2.24, 2.45) is 0 Å². The highest BCUT2D eigenvalue weighted by atomic mass is 32.2. The number of benzene rings is 1. The van der Waals surface area contributed by atoms with Crippen LogP contribution >= 0.6 is 11.3 Å². The molecule has 7 nitrogen and oxygen atoms in total. The first-order valence-electron chi connectivity index (χ1n) is 7.66. The van der Waals surface area contributed by atoms with E-state index in [1.165, 1.54) is 23.5 Å². The summed E-state index contributed by atoms with van der Waals surface area (Å²) in [6.07, 6.45) is 3.35. The van der Waals surface area contributed by atoms with Crippen LogP contribution in [0.5, 0.6) is 0 Å². The van der Waals surface area contributed by atoms with Gasteiger partial charge in [0.25, 0.3) is 10.0 Å². The molecule has 0 aliphatic rings. The highest BCUT2D eigenvalue weighted by Crippen LogP contribution is 2.20. The van der Waals surface area contributed by atoms with Crippen LogP contribution in [-0.2, 0) is 16.6 Å². The van der Waals surface area contributed by atoms with Gasteiger partial charge in [-0.25, -0.2) is 22.9 Å². The summed E-state index contributed by atoms with van der Waals surface area (Å²) >= 11 is 1.38. The molecule has 0 aliphatic carbocycles. The van der Waals surface area contributed by atoms with Crippen molar-refractivity contribution in [3.05, 3.63) is 64.7 Å². The Balaban J connectivity index is 1.59. The molecule has 2 heterocycles. The molecule has 0 spiro atoms. The topological polar surface area (TPSA) is 101 Å². The van der Waals surface area contributed by atoms with Gasteiger partial charge in [-0.2, -0.15) is 0 Å². The first-order chi connectivity index (χ1) is 12.4. The number of nitrogens with zero attached hydrogens (tertiary/aromatic N) is 2. The van der Waals surface area contributed by atoms with E-state index in [1.807, 2.05) is 29.2 Å². The van der Waals surface area contributed by atoms with Gasteiger partial charge in [-0.15, -0.1) is 11.3 Å². The predicted octanol–water partition coefficient (Wildman–Crippen LogP) is 2.70. The summed E-state index contributed by atoms with van der Waals surface area (Å²) in [5.74, 6) is 0. The van der Waals surface area contributed by atoms with Gasteiger partial charge < -0.3 is 5.32 Å². The zero-order valence-corrected chi connectivity index (χ0v) is 15.5. The second-order valence-electron chi connectivity index (χ2n) is 5.46. The van der Waals surface area contributed by atoms with Gasteiger partial charge in [0.15, 0.2) is 0 Å². The summed E-state index contributed by atoms with van der Waals surface area (Å²) in [5, 5.41) is 5.04. The number of aryl methyl sites for hydroxylation is 1. The van der Waals surface area contributed by atoms with E-state index in [9.17, 15) is 13.2 Å². The number of hydrogen-bond donors (Lipinski definition) is 2. The number of thiazole rings is 1. The summed E-state index contributed by atoms with van der Waals surface area (Å²) in [4.78, 5) is 20.3. The number of rotatable bonds is 5. The van der Waals surface area contributed by atoms with Crippen molar-refractivity contribution in [3.8, 4) is 11.3 Å². The molecule has 0 fully saturated rings. The summed E-state index contributed by atoms with van der Waals surface area (Å²) in [7, 11) is -3.90. The highest BCUT2D eigenvalue weighted by Gasteiger charge is 2.17. The number of pyridine rings is 1. The highest BCUT2D eigenvalue weighted by molar-refractivity contribution is 7.90. The lowest BCUT2D eigenvalue weighted by molar-refractivity contribution is 0.245. The van der Waals surface area contributed by atoms with Crippen LogP contribution in [-0.4, -0.2) is 24.4 Å². The van der Waals surface area contributed by atoms with Crippen LogP contribution in [0.25, 0.3) is 11.3 Å². The largest absolute Gasteiger partial charge is 0.331 e. The van der Waals surface area contributed by atoms with Crippen molar-refractivity contribution in [1.29, 1.82) is 0 Å². The number of amides is 2. The second kappa shape index (κ2) is 7.63. The second-order valence-corrected chi connectivity index (χ2v) is 8.09. The first kappa shape index (κ1) is 18.0. The third kappa shape index (κ3) is 4.44.